The van der Waals surface area contributed by atoms with Gasteiger partial charge >= 0.3 is 0 Å². The predicted molar refractivity (Wildman–Crippen MR) is 72.1 cm³/mol. The lowest BCUT2D eigenvalue weighted by Crippen LogP contribution is -2.44. The van der Waals surface area contributed by atoms with Gasteiger partial charge in [-0.1, -0.05) is 6.92 Å². The molecular formula is C13H24N4O. The molecule has 0 aliphatic heterocycles. The summed E-state index contributed by atoms with van der Waals surface area (Å²) >= 11 is 0. The zero-order valence-electron chi connectivity index (χ0n) is 11.9. The fraction of sp³-hybridized carbons (Fsp3) is 0.692. The summed E-state index contributed by atoms with van der Waals surface area (Å²) in [5.41, 5.74) is 6.67. The molecular weight excluding hydrogens is 228 g/mol. The third-order valence-electron chi connectivity index (χ3n) is 2.81. The second-order valence-electron chi connectivity index (χ2n) is 5.66. The number of carbonyl (C=O) groups is 1. The van der Waals surface area contributed by atoms with E-state index in [0.717, 1.165) is 12.1 Å². The predicted octanol–water partition coefficient (Wildman–Crippen LogP) is 1.77. The van der Waals surface area contributed by atoms with E-state index in [1.54, 1.807) is 12.5 Å². The lowest BCUT2D eigenvalue weighted by atomic mass is 10.1. The molecule has 3 N–H and O–H groups in total. The molecule has 5 nitrogen and oxygen atoms in total. The van der Waals surface area contributed by atoms with Crippen molar-refractivity contribution in [2.45, 2.75) is 58.7 Å². The van der Waals surface area contributed by atoms with Gasteiger partial charge in [0.05, 0.1) is 12.0 Å². The molecule has 1 aromatic heterocycles. The number of rotatable bonds is 4. The molecule has 0 aromatic carbocycles. The van der Waals surface area contributed by atoms with Crippen LogP contribution in [0.3, 0.4) is 0 Å². The molecule has 5 heteroatoms. The van der Waals surface area contributed by atoms with Gasteiger partial charge in [0.2, 0.25) is 5.91 Å². The van der Waals surface area contributed by atoms with E-state index < -0.39 is 0 Å². The van der Waals surface area contributed by atoms with Crippen molar-refractivity contribution in [3.8, 4) is 0 Å². The van der Waals surface area contributed by atoms with Crippen LogP contribution < -0.4 is 11.1 Å². The highest BCUT2D eigenvalue weighted by atomic mass is 16.2. The molecule has 0 saturated carbocycles. The molecule has 1 unspecified atom stereocenters. The van der Waals surface area contributed by atoms with Gasteiger partial charge in [0.25, 0.3) is 0 Å². The largest absolute Gasteiger partial charge is 0.350 e. The number of carbonyl (C=O) groups excluding carboxylic acids is 1. The third-order valence-corrected chi connectivity index (χ3v) is 2.81. The maximum absolute atomic E-state index is 12.1. The number of aromatic nitrogens is 2. The van der Waals surface area contributed by atoms with Crippen LogP contribution in [0.25, 0.3) is 0 Å². The summed E-state index contributed by atoms with van der Waals surface area (Å²) in [5, 5.41) is 2.96. The van der Waals surface area contributed by atoms with Gasteiger partial charge in [-0.25, -0.2) is 4.98 Å². The van der Waals surface area contributed by atoms with Crippen molar-refractivity contribution in [3.63, 3.8) is 0 Å². The van der Waals surface area contributed by atoms with Gasteiger partial charge in [0.1, 0.15) is 6.04 Å². The molecule has 1 amide bonds. The molecule has 1 heterocycles. The summed E-state index contributed by atoms with van der Waals surface area (Å²) in [7, 11) is 0. The molecule has 1 rings (SSSR count). The second-order valence-corrected chi connectivity index (χ2v) is 5.66. The molecule has 1 aromatic rings. The molecule has 0 saturated heterocycles. The van der Waals surface area contributed by atoms with Crippen LogP contribution in [0.5, 0.6) is 0 Å². The zero-order valence-corrected chi connectivity index (χ0v) is 11.9. The average molecular weight is 252 g/mol. The first-order chi connectivity index (χ1) is 8.26. The highest BCUT2D eigenvalue weighted by Crippen LogP contribution is 2.18. The molecule has 18 heavy (non-hydrogen) atoms. The summed E-state index contributed by atoms with van der Waals surface area (Å²) in [5.74, 6) is -0.0231. The SMILES string of the molecule is CC[C@@H](N)c1cncn1C(C)C(=O)NC(C)(C)C. The van der Waals surface area contributed by atoms with Crippen molar-refractivity contribution < 1.29 is 4.79 Å². The number of imidazole rings is 1. The molecule has 0 aliphatic rings. The van der Waals surface area contributed by atoms with Crippen LogP contribution >= 0.6 is 0 Å². The van der Waals surface area contributed by atoms with Gasteiger partial charge in [-0.2, -0.15) is 0 Å². The van der Waals surface area contributed by atoms with Crippen molar-refractivity contribution in [1.82, 2.24) is 14.9 Å². The zero-order chi connectivity index (χ0) is 13.9. The van der Waals surface area contributed by atoms with Gasteiger partial charge in [0, 0.05) is 17.8 Å². The van der Waals surface area contributed by atoms with Gasteiger partial charge in [-0.3, -0.25) is 4.79 Å². The van der Waals surface area contributed by atoms with Crippen molar-refractivity contribution in [1.29, 1.82) is 0 Å². The Kier molecular flexibility index (Phi) is 4.51. The number of hydrogen-bond acceptors (Lipinski definition) is 3. The Bertz CT molecular complexity index is 405. The van der Waals surface area contributed by atoms with E-state index in [4.69, 9.17) is 5.73 Å². The molecule has 2 atom stereocenters. The monoisotopic (exact) mass is 252 g/mol. The first-order valence-electron chi connectivity index (χ1n) is 6.35. The number of hydrogen-bond donors (Lipinski definition) is 2. The van der Waals surface area contributed by atoms with Gasteiger partial charge in [0.15, 0.2) is 0 Å². The first kappa shape index (κ1) is 14.7. The fourth-order valence-corrected chi connectivity index (χ4v) is 1.74. The van der Waals surface area contributed by atoms with Gasteiger partial charge in [-0.15, -0.1) is 0 Å². The highest BCUT2D eigenvalue weighted by molar-refractivity contribution is 5.80. The van der Waals surface area contributed by atoms with E-state index in [-0.39, 0.29) is 23.5 Å². The highest BCUT2D eigenvalue weighted by Gasteiger charge is 2.23. The minimum atomic E-state index is -0.306. The Balaban J connectivity index is 2.87. The lowest BCUT2D eigenvalue weighted by Gasteiger charge is -2.25. The maximum Gasteiger partial charge on any atom is 0.243 e. The minimum Gasteiger partial charge on any atom is -0.350 e. The standard InChI is InChI=1S/C13H24N4O/c1-6-10(14)11-7-15-8-17(11)9(2)12(18)16-13(3,4)5/h7-10H,6,14H2,1-5H3,(H,16,18)/t9?,10-/m1/s1. The topological polar surface area (TPSA) is 72.9 Å². The Morgan fingerprint density at radius 1 is 1.56 bits per heavy atom. The van der Waals surface area contributed by atoms with Crippen LogP contribution in [0.2, 0.25) is 0 Å². The van der Waals surface area contributed by atoms with Crippen LogP contribution in [0.4, 0.5) is 0 Å². The van der Waals surface area contributed by atoms with E-state index in [1.807, 2.05) is 39.2 Å². The van der Waals surface area contributed by atoms with E-state index in [1.165, 1.54) is 0 Å². The van der Waals surface area contributed by atoms with Crippen molar-refractivity contribution in [2.75, 3.05) is 0 Å². The summed E-state index contributed by atoms with van der Waals surface area (Å²) < 4.78 is 1.84. The molecule has 0 spiro atoms. The van der Waals surface area contributed by atoms with Gasteiger partial charge in [-0.05, 0) is 34.1 Å². The summed E-state index contributed by atoms with van der Waals surface area (Å²) in [4.78, 5) is 16.2. The second kappa shape index (κ2) is 5.52. The van der Waals surface area contributed by atoms with E-state index >= 15 is 0 Å². The maximum atomic E-state index is 12.1. The number of nitrogens with zero attached hydrogens (tertiary/aromatic N) is 2. The first-order valence-corrected chi connectivity index (χ1v) is 6.35. The number of nitrogens with two attached hydrogens (primary N) is 1. The Labute approximate surface area is 109 Å². The van der Waals surface area contributed by atoms with Crippen molar-refractivity contribution in [2.24, 2.45) is 5.73 Å². The lowest BCUT2D eigenvalue weighted by molar-refractivity contribution is -0.125. The van der Waals surface area contributed by atoms with Crippen LogP contribution in [-0.2, 0) is 4.79 Å². The molecule has 0 fully saturated rings. The van der Waals surface area contributed by atoms with Crippen LogP contribution in [0.1, 0.15) is 58.8 Å². The summed E-state index contributed by atoms with van der Waals surface area (Å²) in [6.45, 7) is 9.76. The van der Waals surface area contributed by atoms with Crippen LogP contribution in [0.15, 0.2) is 12.5 Å². The Morgan fingerprint density at radius 3 is 2.67 bits per heavy atom. The summed E-state index contributed by atoms with van der Waals surface area (Å²) in [6, 6.07) is -0.392. The molecule has 102 valence electrons. The van der Waals surface area contributed by atoms with E-state index in [9.17, 15) is 4.79 Å². The third kappa shape index (κ3) is 3.57. The minimum absolute atomic E-state index is 0.0231. The Morgan fingerprint density at radius 2 is 2.17 bits per heavy atom. The summed E-state index contributed by atoms with van der Waals surface area (Å²) in [6.07, 6.45) is 4.21. The Hall–Kier alpha value is -1.36. The van der Waals surface area contributed by atoms with Crippen molar-refractivity contribution in [3.05, 3.63) is 18.2 Å². The normalized spacial score (nSPS) is 15.2. The number of amides is 1. The average Bonchev–Trinajstić information content (AvgIpc) is 2.73. The molecule has 0 radical (unpaired) electrons. The smallest absolute Gasteiger partial charge is 0.243 e. The van der Waals surface area contributed by atoms with Gasteiger partial charge < -0.3 is 15.6 Å². The molecule has 0 aliphatic carbocycles. The van der Waals surface area contributed by atoms with Crippen LogP contribution in [0, 0.1) is 0 Å². The van der Waals surface area contributed by atoms with Crippen LogP contribution in [-0.4, -0.2) is 21.0 Å². The number of nitrogens with one attached hydrogen (secondary N) is 1. The molecule has 0 bridgehead atoms. The van der Waals surface area contributed by atoms with E-state index in [2.05, 4.69) is 10.3 Å². The fourth-order valence-electron chi connectivity index (χ4n) is 1.74. The van der Waals surface area contributed by atoms with E-state index in [0.29, 0.717) is 0 Å². The quantitative estimate of drug-likeness (QED) is 0.857. The van der Waals surface area contributed by atoms with Crippen molar-refractivity contribution >= 4 is 5.91 Å².